The minimum absolute atomic E-state index is 0.0213. The van der Waals surface area contributed by atoms with Crippen LogP contribution in [0.1, 0.15) is 13.8 Å². The molecule has 0 aromatic heterocycles. The molecular weight excluding hydrogens is 324 g/mol. The zero-order chi connectivity index (χ0) is 18.5. The third kappa shape index (κ3) is 7.75. The predicted molar refractivity (Wildman–Crippen MR) is 98.7 cm³/mol. The van der Waals surface area contributed by atoms with Gasteiger partial charge < -0.3 is 30.2 Å². The number of methoxy groups -OCH3 is 2. The molecule has 1 amide bonds. The van der Waals surface area contributed by atoms with Gasteiger partial charge in [0.2, 0.25) is 5.91 Å². The first-order valence-corrected chi connectivity index (χ1v) is 8.26. The van der Waals surface area contributed by atoms with Crippen molar-refractivity contribution in [1.82, 2.24) is 10.6 Å². The molecule has 0 heterocycles. The number of amides is 1. The number of nitrogens with zero attached hydrogens (tertiary/aromatic N) is 1. The molecule has 0 aliphatic rings. The summed E-state index contributed by atoms with van der Waals surface area (Å²) in [5.41, 5.74) is 0.781. The molecule has 1 aromatic rings. The van der Waals surface area contributed by atoms with E-state index in [0.29, 0.717) is 43.8 Å². The van der Waals surface area contributed by atoms with Crippen LogP contribution >= 0.6 is 0 Å². The quantitative estimate of drug-likeness (QED) is 0.333. The second-order valence-corrected chi connectivity index (χ2v) is 4.96. The fourth-order valence-corrected chi connectivity index (χ4v) is 1.97. The van der Waals surface area contributed by atoms with Crippen LogP contribution in [-0.4, -0.2) is 58.9 Å². The number of guanidine groups is 1. The number of nitrogens with one attached hydrogen (secondary N) is 3. The zero-order valence-electron chi connectivity index (χ0n) is 15.3. The largest absolute Gasteiger partial charge is 0.493 e. The fraction of sp³-hybridized carbons (Fsp3) is 0.529. The molecule has 0 atom stereocenters. The molecular formula is C17H28N4O4. The van der Waals surface area contributed by atoms with E-state index in [1.165, 1.54) is 0 Å². The van der Waals surface area contributed by atoms with Crippen molar-refractivity contribution in [2.75, 3.05) is 52.4 Å². The number of hydrogen-bond donors (Lipinski definition) is 3. The summed E-state index contributed by atoms with van der Waals surface area (Å²) in [5.74, 6) is 1.64. The van der Waals surface area contributed by atoms with Gasteiger partial charge in [-0.25, -0.2) is 4.99 Å². The fourth-order valence-electron chi connectivity index (χ4n) is 1.97. The van der Waals surface area contributed by atoms with Crippen molar-refractivity contribution >= 4 is 17.6 Å². The highest BCUT2D eigenvalue weighted by atomic mass is 16.5. The van der Waals surface area contributed by atoms with Crippen LogP contribution in [0.3, 0.4) is 0 Å². The van der Waals surface area contributed by atoms with Crippen molar-refractivity contribution in [3.63, 3.8) is 0 Å². The molecule has 0 unspecified atom stereocenters. The van der Waals surface area contributed by atoms with Crippen LogP contribution in [0.15, 0.2) is 23.2 Å². The molecule has 0 bridgehead atoms. The summed E-state index contributed by atoms with van der Waals surface area (Å²) in [4.78, 5) is 16.0. The van der Waals surface area contributed by atoms with E-state index in [2.05, 4.69) is 20.9 Å². The number of ether oxygens (including phenoxy) is 3. The van der Waals surface area contributed by atoms with Crippen molar-refractivity contribution in [3.05, 3.63) is 18.2 Å². The standard InChI is InChI=1S/C17H28N4O4/c1-5-18-17(20-12-16(22)19-9-10-23-3)21-13-7-8-14(24-4)15(11-13)25-6-2/h7-8,11H,5-6,9-10,12H2,1-4H3,(H,19,22)(H2,18,20,21). The summed E-state index contributed by atoms with van der Waals surface area (Å²) in [6, 6.07) is 5.50. The average Bonchev–Trinajstić information content (AvgIpc) is 2.61. The number of anilines is 1. The summed E-state index contributed by atoms with van der Waals surface area (Å²) in [7, 11) is 3.18. The Bertz CT molecular complexity index is 564. The van der Waals surface area contributed by atoms with Gasteiger partial charge in [0.05, 0.1) is 20.3 Å². The Labute approximate surface area is 148 Å². The number of hydrogen-bond acceptors (Lipinski definition) is 5. The Hall–Kier alpha value is -2.48. The molecule has 0 aliphatic heterocycles. The van der Waals surface area contributed by atoms with Crippen LogP contribution < -0.4 is 25.4 Å². The summed E-state index contributed by atoms with van der Waals surface area (Å²) in [6.07, 6.45) is 0. The van der Waals surface area contributed by atoms with E-state index in [0.717, 1.165) is 5.69 Å². The molecule has 0 aliphatic carbocycles. The molecule has 0 saturated heterocycles. The molecule has 140 valence electrons. The minimum atomic E-state index is -0.168. The Balaban J connectivity index is 2.74. The Kier molecular flexibility index (Phi) is 9.84. The van der Waals surface area contributed by atoms with E-state index in [1.54, 1.807) is 14.2 Å². The number of carbonyl (C=O) groups excluding carboxylic acids is 1. The van der Waals surface area contributed by atoms with Gasteiger partial charge >= 0.3 is 0 Å². The molecule has 0 radical (unpaired) electrons. The van der Waals surface area contributed by atoms with Crippen molar-refractivity contribution in [2.24, 2.45) is 4.99 Å². The lowest BCUT2D eigenvalue weighted by Crippen LogP contribution is -2.34. The second-order valence-electron chi connectivity index (χ2n) is 4.96. The van der Waals surface area contributed by atoms with Gasteiger partial charge in [0, 0.05) is 32.0 Å². The van der Waals surface area contributed by atoms with Crippen LogP contribution in [0.4, 0.5) is 5.69 Å². The molecule has 8 nitrogen and oxygen atoms in total. The first-order valence-electron chi connectivity index (χ1n) is 8.26. The van der Waals surface area contributed by atoms with Gasteiger partial charge in [0.25, 0.3) is 0 Å². The lowest BCUT2D eigenvalue weighted by molar-refractivity contribution is -0.119. The maximum Gasteiger partial charge on any atom is 0.241 e. The van der Waals surface area contributed by atoms with E-state index in [1.807, 2.05) is 32.0 Å². The lowest BCUT2D eigenvalue weighted by atomic mass is 10.2. The van der Waals surface area contributed by atoms with Gasteiger partial charge in [-0.05, 0) is 26.0 Å². The zero-order valence-corrected chi connectivity index (χ0v) is 15.3. The summed E-state index contributed by atoms with van der Waals surface area (Å²) >= 11 is 0. The molecule has 25 heavy (non-hydrogen) atoms. The normalized spacial score (nSPS) is 11.0. The number of benzene rings is 1. The molecule has 0 saturated carbocycles. The smallest absolute Gasteiger partial charge is 0.241 e. The maximum absolute atomic E-state index is 11.7. The van der Waals surface area contributed by atoms with Gasteiger partial charge in [-0.2, -0.15) is 0 Å². The molecule has 0 fully saturated rings. The van der Waals surface area contributed by atoms with Crippen LogP contribution in [0, 0.1) is 0 Å². The highest BCUT2D eigenvalue weighted by Crippen LogP contribution is 2.30. The van der Waals surface area contributed by atoms with Crippen LogP contribution in [-0.2, 0) is 9.53 Å². The summed E-state index contributed by atoms with van der Waals surface area (Å²) < 4.78 is 15.7. The minimum Gasteiger partial charge on any atom is -0.493 e. The van der Waals surface area contributed by atoms with E-state index in [-0.39, 0.29) is 12.5 Å². The molecule has 0 spiro atoms. The number of carbonyl (C=O) groups is 1. The predicted octanol–water partition coefficient (Wildman–Crippen LogP) is 1.23. The van der Waals surface area contributed by atoms with Crippen molar-refractivity contribution in [1.29, 1.82) is 0 Å². The molecule has 3 N–H and O–H groups in total. The van der Waals surface area contributed by atoms with Crippen molar-refractivity contribution < 1.29 is 19.0 Å². The third-order valence-electron chi connectivity index (χ3n) is 3.08. The van der Waals surface area contributed by atoms with E-state index in [4.69, 9.17) is 14.2 Å². The van der Waals surface area contributed by atoms with Crippen LogP contribution in [0.25, 0.3) is 0 Å². The Morgan fingerprint density at radius 1 is 1.16 bits per heavy atom. The Morgan fingerprint density at radius 3 is 2.60 bits per heavy atom. The van der Waals surface area contributed by atoms with E-state index >= 15 is 0 Å². The highest BCUT2D eigenvalue weighted by Gasteiger charge is 2.07. The van der Waals surface area contributed by atoms with E-state index < -0.39 is 0 Å². The molecule has 1 rings (SSSR count). The molecule has 8 heteroatoms. The second kappa shape index (κ2) is 12.0. The highest BCUT2D eigenvalue weighted by molar-refractivity contribution is 5.95. The maximum atomic E-state index is 11.7. The van der Waals surface area contributed by atoms with Crippen LogP contribution in [0.5, 0.6) is 11.5 Å². The lowest BCUT2D eigenvalue weighted by Gasteiger charge is -2.14. The van der Waals surface area contributed by atoms with Gasteiger partial charge in [-0.15, -0.1) is 0 Å². The number of rotatable bonds is 10. The SMILES string of the molecule is CCNC(=NCC(=O)NCCOC)Nc1ccc(OC)c(OCC)c1. The molecule has 1 aromatic carbocycles. The van der Waals surface area contributed by atoms with Crippen molar-refractivity contribution in [2.45, 2.75) is 13.8 Å². The van der Waals surface area contributed by atoms with Gasteiger partial charge in [-0.1, -0.05) is 0 Å². The summed E-state index contributed by atoms with van der Waals surface area (Å²) in [5, 5.41) is 8.97. The first kappa shape index (κ1) is 20.6. The van der Waals surface area contributed by atoms with Gasteiger partial charge in [0.15, 0.2) is 17.5 Å². The first-order chi connectivity index (χ1) is 12.1. The number of aliphatic imine (C=N–C) groups is 1. The van der Waals surface area contributed by atoms with E-state index in [9.17, 15) is 4.79 Å². The van der Waals surface area contributed by atoms with Gasteiger partial charge in [-0.3, -0.25) is 4.79 Å². The van der Waals surface area contributed by atoms with Crippen molar-refractivity contribution in [3.8, 4) is 11.5 Å². The Morgan fingerprint density at radius 2 is 1.96 bits per heavy atom. The van der Waals surface area contributed by atoms with Gasteiger partial charge in [0.1, 0.15) is 6.54 Å². The average molecular weight is 352 g/mol. The van der Waals surface area contributed by atoms with Crippen LogP contribution in [0.2, 0.25) is 0 Å². The third-order valence-corrected chi connectivity index (χ3v) is 3.08. The summed E-state index contributed by atoms with van der Waals surface area (Å²) in [6.45, 7) is 6.03. The topological polar surface area (TPSA) is 93.2 Å². The monoisotopic (exact) mass is 352 g/mol.